The molecule has 0 saturated heterocycles. The van der Waals surface area contributed by atoms with Crippen LogP contribution in [0, 0.1) is 11.3 Å². The maximum atomic E-state index is 11.8. The Morgan fingerprint density at radius 2 is 2.15 bits per heavy atom. The lowest BCUT2D eigenvalue weighted by atomic mass is 9.95. The Morgan fingerprint density at radius 1 is 1.40 bits per heavy atom. The standard InChI is InChI=1S/C16H18N2O2/c1-2-20-16(19)18-9-8-14(11-17)15(12-18)10-13-6-4-3-5-7-13/h3-7H,2,8-10,12H2,1H3. The molecule has 0 unspecified atom stereocenters. The Balaban J connectivity index is 2.13. The van der Waals surface area contributed by atoms with Gasteiger partial charge in [0.2, 0.25) is 0 Å². The number of carbonyl (C=O) groups excluding carboxylic acids is 1. The zero-order valence-electron chi connectivity index (χ0n) is 11.6. The molecule has 0 aliphatic carbocycles. The second-order valence-corrected chi connectivity index (χ2v) is 4.73. The van der Waals surface area contributed by atoms with Crippen molar-refractivity contribution in [3.05, 3.63) is 47.0 Å². The van der Waals surface area contributed by atoms with E-state index in [4.69, 9.17) is 4.74 Å². The SMILES string of the molecule is CCOC(=O)N1CCC(C#N)=C(Cc2ccccc2)C1. The van der Waals surface area contributed by atoms with Crippen LogP contribution in [-0.4, -0.2) is 30.7 Å². The summed E-state index contributed by atoms with van der Waals surface area (Å²) in [7, 11) is 0. The van der Waals surface area contributed by atoms with Crippen LogP contribution < -0.4 is 0 Å². The van der Waals surface area contributed by atoms with Crippen molar-refractivity contribution >= 4 is 6.09 Å². The van der Waals surface area contributed by atoms with Crippen LogP contribution in [0.25, 0.3) is 0 Å². The summed E-state index contributed by atoms with van der Waals surface area (Å²) in [5, 5.41) is 9.23. The molecule has 1 aromatic rings. The maximum absolute atomic E-state index is 11.8. The first-order valence-electron chi connectivity index (χ1n) is 6.81. The van der Waals surface area contributed by atoms with Crippen molar-refractivity contribution in [3.63, 3.8) is 0 Å². The van der Waals surface area contributed by atoms with Crippen LogP contribution in [0.3, 0.4) is 0 Å². The van der Waals surface area contributed by atoms with Crippen molar-refractivity contribution in [2.24, 2.45) is 0 Å². The van der Waals surface area contributed by atoms with Gasteiger partial charge in [0.25, 0.3) is 0 Å². The quantitative estimate of drug-likeness (QED) is 0.848. The van der Waals surface area contributed by atoms with Gasteiger partial charge in [0.05, 0.1) is 12.7 Å². The topological polar surface area (TPSA) is 53.3 Å². The molecule has 0 spiro atoms. The van der Waals surface area contributed by atoms with Gasteiger partial charge >= 0.3 is 6.09 Å². The minimum Gasteiger partial charge on any atom is -0.450 e. The molecule has 0 bridgehead atoms. The van der Waals surface area contributed by atoms with Gasteiger partial charge in [-0.15, -0.1) is 0 Å². The molecule has 104 valence electrons. The largest absolute Gasteiger partial charge is 0.450 e. The maximum Gasteiger partial charge on any atom is 0.410 e. The third-order valence-electron chi connectivity index (χ3n) is 3.36. The summed E-state index contributed by atoms with van der Waals surface area (Å²) >= 11 is 0. The molecule has 0 aromatic heterocycles. The van der Waals surface area contributed by atoms with Gasteiger partial charge in [0.15, 0.2) is 0 Å². The molecule has 20 heavy (non-hydrogen) atoms. The van der Waals surface area contributed by atoms with Crippen molar-refractivity contribution in [1.29, 1.82) is 5.26 Å². The van der Waals surface area contributed by atoms with Crippen molar-refractivity contribution < 1.29 is 9.53 Å². The highest BCUT2D eigenvalue weighted by atomic mass is 16.6. The molecule has 0 atom stereocenters. The zero-order valence-corrected chi connectivity index (χ0v) is 11.6. The molecule has 1 aliphatic heterocycles. The van der Waals surface area contributed by atoms with Crippen LogP contribution in [0.15, 0.2) is 41.5 Å². The monoisotopic (exact) mass is 270 g/mol. The molecule has 1 heterocycles. The summed E-state index contributed by atoms with van der Waals surface area (Å²) in [5.74, 6) is 0. The highest BCUT2D eigenvalue weighted by molar-refractivity contribution is 5.68. The van der Waals surface area contributed by atoms with Crippen LogP contribution in [-0.2, 0) is 11.2 Å². The van der Waals surface area contributed by atoms with Crippen molar-refractivity contribution in [3.8, 4) is 6.07 Å². The molecule has 0 radical (unpaired) electrons. The molecule has 1 amide bonds. The fourth-order valence-corrected chi connectivity index (χ4v) is 2.34. The Hall–Kier alpha value is -2.28. The third-order valence-corrected chi connectivity index (χ3v) is 3.36. The number of hydrogen-bond acceptors (Lipinski definition) is 3. The first-order valence-corrected chi connectivity index (χ1v) is 6.81. The lowest BCUT2D eigenvalue weighted by Gasteiger charge is -2.28. The summed E-state index contributed by atoms with van der Waals surface area (Å²) < 4.78 is 5.03. The molecule has 1 aliphatic rings. The first kappa shape index (κ1) is 14.1. The fourth-order valence-electron chi connectivity index (χ4n) is 2.34. The minimum absolute atomic E-state index is 0.296. The smallest absolute Gasteiger partial charge is 0.410 e. The lowest BCUT2D eigenvalue weighted by molar-refractivity contribution is 0.109. The first-order chi connectivity index (χ1) is 9.74. The number of ether oxygens (including phenoxy) is 1. The number of benzene rings is 1. The number of amides is 1. The Morgan fingerprint density at radius 3 is 2.80 bits per heavy atom. The van der Waals surface area contributed by atoms with Crippen molar-refractivity contribution in [1.82, 2.24) is 4.90 Å². The average Bonchev–Trinajstić information content (AvgIpc) is 2.48. The number of nitrogens with zero attached hydrogens (tertiary/aromatic N) is 2. The van der Waals surface area contributed by atoms with E-state index in [-0.39, 0.29) is 6.09 Å². The van der Waals surface area contributed by atoms with Gasteiger partial charge in [-0.3, -0.25) is 0 Å². The van der Waals surface area contributed by atoms with Gasteiger partial charge in [-0.2, -0.15) is 5.26 Å². The summed E-state index contributed by atoms with van der Waals surface area (Å²) in [5.41, 5.74) is 2.97. The van der Waals surface area contributed by atoms with Gasteiger partial charge in [0.1, 0.15) is 0 Å². The van der Waals surface area contributed by atoms with E-state index in [1.807, 2.05) is 30.3 Å². The molecule has 4 nitrogen and oxygen atoms in total. The lowest BCUT2D eigenvalue weighted by Crippen LogP contribution is -2.37. The highest BCUT2D eigenvalue weighted by Gasteiger charge is 2.23. The van der Waals surface area contributed by atoms with Gasteiger partial charge in [-0.25, -0.2) is 4.79 Å². The number of rotatable bonds is 3. The van der Waals surface area contributed by atoms with Crippen molar-refractivity contribution in [2.75, 3.05) is 19.7 Å². The van der Waals surface area contributed by atoms with Gasteiger partial charge in [0, 0.05) is 25.1 Å². The summed E-state index contributed by atoms with van der Waals surface area (Å²) in [6.07, 6.45) is 1.02. The van der Waals surface area contributed by atoms with E-state index in [9.17, 15) is 10.1 Å². The highest BCUT2D eigenvalue weighted by Crippen LogP contribution is 2.21. The normalized spacial score (nSPS) is 14.9. The third kappa shape index (κ3) is 3.39. The molecule has 0 fully saturated rings. The molecule has 1 aromatic carbocycles. The van der Waals surface area contributed by atoms with Crippen LogP contribution in [0.5, 0.6) is 0 Å². The van der Waals surface area contributed by atoms with E-state index in [0.29, 0.717) is 32.5 Å². The van der Waals surface area contributed by atoms with Crippen LogP contribution in [0.2, 0.25) is 0 Å². The molecular formula is C16H18N2O2. The Bertz CT molecular complexity index is 543. The molecule has 2 rings (SSSR count). The van der Waals surface area contributed by atoms with E-state index in [1.54, 1.807) is 11.8 Å². The number of hydrogen-bond donors (Lipinski definition) is 0. The summed E-state index contributed by atoms with van der Waals surface area (Å²) in [6.45, 7) is 3.21. The fraction of sp³-hybridized carbons (Fsp3) is 0.375. The van der Waals surface area contributed by atoms with E-state index < -0.39 is 0 Å². The van der Waals surface area contributed by atoms with Gasteiger partial charge in [-0.05, 0) is 24.5 Å². The van der Waals surface area contributed by atoms with E-state index >= 15 is 0 Å². The van der Waals surface area contributed by atoms with E-state index in [0.717, 1.165) is 16.7 Å². The van der Waals surface area contributed by atoms with Crippen LogP contribution >= 0.6 is 0 Å². The van der Waals surface area contributed by atoms with E-state index in [1.165, 1.54) is 0 Å². The van der Waals surface area contributed by atoms with Gasteiger partial charge in [-0.1, -0.05) is 30.3 Å². The predicted molar refractivity (Wildman–Crippen MR) is 76.0 cm³/mol. The molecule has 0 saturated carbocycles. The zero-order chi connectivity index (χ0) is 14.4. The van der Waals surface area contributed by atoms with Crippen LogP contribution in [0.4, 0.5) is 4.79 Å². The Labute approximate surface area is 119 Å². The number of nitriles is 1. The molecule has 0 N–H and O–H groups in total. The summed E-state index contributed by atoms with van der Waals surface area (Å²) in [4.78, 5) is 13.5. The van der Waals surface area contributed by atoms with Gasteiger partial charge < -0.3 is 9.64 Å². The van der Waals surface area contributed by atoms with Crippen molar-refractivity contribution in [2.45, 2.75) is 19.8 Å². The second kappa shape index (κ2) is 6.76. The number of carbonyl (C=O) groups is 1. The second-order valence-electron chi connectivity index (χ2n) is 4.73. The predicted octanol–water partition coefficient (Wildman–Crippen LogP) is 2.91. The molecule has 4 heteroatoms. The molecular weight excluding hydrogens is 252 g/mol. The summed E-state index contributed by atoms with van der Waals surface area (Å²) in [6, 6.07) is 12.3. The van der Waals surface area contributed by atoms with E-state index in [2.05, 4.69) is 6.07 Å². The average molecular weight is 270 g/mol. The Kier molecular flexibility index (Phi) is 4.78. The minimum atomic E-state index is -0.296. The van der Waals surface area contributed by atoms with Crippen LogP contribution in [0.1, 0.15) is 18.9 Å².